The van der Waals surface area contributed by atoms with E-state index < -0.39 is 23.9 Å². The SMILES string of the molecule is C[C@@H](O)[C@H](N)c1nc2cc(-c3ccc(C#N)cc3C(F)(F)F)ccc2[nH]1. The van der Waals surface area contributed by atoms with E-state index in [9.17, 15) is 18.3 Å². The van der Waals surface area contributed by atoms with E-state index in [2.05, 4.69) is 9.97 Å². The van der Waals surface area contributed by atoms with Crippen LogP contribution in [0.5, 0.6) is 0 Å². The molecule has 0 aliphatic rings. The van der Waals surface area contributed by atoms with E-state index in [-0.39, 0.29) is 11.1 Å². The van der Waals surface area contributed by atoms with Crippen LogP contribution >= 0.6 is 0 Å². The number of alkyl halides is 3. The number of aliphatic hydroxyl groups is 1. The van der Waals surface area contributed by atoms with Gasteiger partial charge in [0.25, 0.3) is 0 Å². The van der Waals surface area contributed by atoms with Gasteiger partial charge in [-0.2, -0.15) is 18.4 Å². The van der Waals surface area contributed by atoms with Gasteiger partial charge >= 0.3 is 6.18 Å². The van der Waals surface area contributed by atoms with E-state index in [0.29, 0.717) is 22.4 Å². The van der Waals surface area contributed by atoms with Crippen molar-refractivity contribution in [1.29, 1.82) is 5.26 Å². The van der Waals surface area contributed by atoms with Crippen molar-refractivity contribution >= 4 is 11.0 Å². The lowest BCUT2D eigenvalue weighted by atomic mass is 9.97. The van der Waals surface area contributed by atoms with E-state index in [1.54, 1.807) is 12.1 Å². The van der Waals surface area contributed by atoms with E-state index in [4.69, 9.17) is 11.0 Å². The van der Waals surface area contributed by atoms with Gasteiger partial charge in [0, 0.05) is 0 Å². The molecule has 2 atom stereocenters. The maximum absolute atomic E-state index is 13.4. The molecule has 4 N–H and O–H groups in total. The molecule has 5 nitrogen and oxygen atoms in total. The Bertz CT molecular complexity index is 1000. The summed E-state index contributed by atoms with van der Waals surface area (Å²) in [6.07, 6.45) is -5.42. The van der Waals surface area contributed by atoms with Gasteiger partial charge in [-0.05, 0) is 42.3 Å². The molecule has 1 aromatic heterocycles. The Kier molecular flexibility index (Phi) is 4.44. The zero-order valence-electron chi connectivity index (χ0n) is 13.7. The van der Waals surface area contributed by atoms with E-state index in [1.165, 1.54) is 31.2 Å². The number of aliphatic hydroxyl groups excluding tert-OH is 1. The third kappa shape index (κ3) is 3.27. The summed E-state index contributed by atoms with van der Waals surface area (Å²) >= 11 is 0. The average molecular weight is 360 g/mol. The summed E-state index contributed by atoms with van der Waals surface area (Å²) in [4.78, 5) is 7.23. The number of nitrogens with two attached hydrogens (primary N) is 1. The number of nitriles is 1. The van der Waals surface area contributed by atoms with Crippen molar-refractivity contribution in [3.05, 3.63) is 53.3 Å². The average Bonchev–Trinajstić information content (AvgIpc) is 3.02. The smallest absolute Gasteiger partial charge is 0.391 e. The number of fused-ring (bicyclic) bond motifs is 1. The molecule has 3 aromatic rings. The number of imidazole rings is 1. The van der Waals surface area contributed by atoms with Gasteiger partial charge in [-0.3, -0.25) is 0 Å². The molecule has 3 rings (SSSR count). The molecule has 0 saturated heterocycles. The zero-order valence-corrected chi connectivity index (χ0v) is 13.7. The Morgan fingerprint density at radius 1 is 1.23 bits per heavy atom. The highest BCUT2D eigenvalue weighted by atomic mass is 19.4. The van der Waals surface area contributed by atoms with Crippen molar-refractivity contribution in [3.63, 3.8) is 0 Å². The van der Waals surface area contributed by atoms with Gasteiger partial charge in [-0.25, -0.2) is 4.98 Å². The summed E-state index contributed by atoms with van der Waals surface area (Å²) < 4.78 is 40.2. The molecule has 0 aliphatic heterocycles. The Morgan fingerprint density at radius 2 is 1.96 bits per heavy atom. The number of rotatable bonds is 3. The maximum atomic E-state index is 13.4. The number of halogens is 3. The van der Waals surface area contributed by atoms with Gasteiger partial charge in [-0.1, -0.05) is 12.1 Å². The molecule has 134 valence electrons. The third-order valence-corrected chi connectivity index (χ3v) is 4.10. The van der Waals surface area contributed by atoms with Crippen LogP contribution in [-0.2, 0) is 6.18 Å². The first-order valence-electron chi connectivity index (χ1n) is 7.75. The molecule has 0 amide bonds. The number of nitrogens with zero attached hydrogens (tertiary/aromatic N) is 2. The van der Waals surface area contributed by atoms with E-state index in [1.807, 2.05) is 0 Å². The summed E-state index contributed by atoms with van der Waals surface area (Å²) in [5, 5.41) is 18.4. The summed E-state index contributed by atoms with van der Waals surface area (Å²) in [6.45, 7) is 1.52. The number of H-pyrrole nitrogens is 1. The van der Waals surface area contributed by atoms with Crippen LogP contribution in [0.4, 0.5) is 13.2 Å². The molecule has 0 spiro atoms. The van der Waals surface area contributed by atoms with Gasteiger partial charge in [0.2, 0.25) is 0 Å². The number of hydrogen-bond donors (Lipinski definition) is 3. The molecule has 0 radical (unpaired) electrons. The number of benzene rings is 2. The lowest BCUT2D eigenvalue weighted by Gasteiger charge is -2.13. The molecule has 26 heavy (non-hydrogen) atoms. The standard InChI is InChI=1S/C18H15F3N4O/c1-9(26)16(23)17-24-14-5-3-11(7-15(14)25-17)12-4-2-10(8-22)6-13(12)18(19,20)21/h2-7,9,16,26H,23H2,1H3,(H,24,25)/t9-,16+/m1/s1. The summed E-state index contributed by atoms with van der Waals surface area (Å²) in [5.41, 5.74) is 6.21. The third-order valence-electron chi connectivity index (χ3n) is 4.10. The molecule has 8 heteroatoms. The maximum Gasteiger partial charge on any atom is 0.417 e. The number of hydrogen-bond acceptors (Lipinski definition) is 4. The van der Waals surface area contributed by atoms with Crippen LogP contribution in [0.25, 0.3) is 22.2 Å². The quantitative estimate of drug-likeness (QED) is 0.666. The van der Waals surface area contributed by atoms with Crippen molar-refractivity contribution in [2.24, 2.45) is 5.73 Å². The van der Waals surface area contributed by atoms with Crippen LogP contribution in [0.1, 0.15) is 29.9 Å². The fourth-order valence-electron chi connectivity index (χ4n) is 2.68. The monoisotopic (exact) mass is 360 g/mol. The van der Waals surface area contributed by atoms with Crippen LogP contribution in [0.3, 0.4) is 0 Å². The van der Waals surface area contributed by atoms with Crippen LogP contribution < -0.4 is 5.73 Å². The normalized spacial score (nSPS) is 14.2. The molecule has 0 saturated carbocycles. The van der Waals surface area contributed by atoms with Crippen molar-refractivity contribution in [3.8, 4) is 17.2 Å². The molecule has 0 unspecified atom stereocenters. The molecule has 1 heterocycles. The number of aromatic amines is 1. The van der Waals surface area contributed by atoms with Crippen molar-refractivity contribution in [1.82, 2.24) is 9.97 Å². The Morgan fingerprint density at radius 3 is 2.58 bits per heavy atom. The minimum absolute atomic E-state index is 0.0391. The molecule has 0 bridgehead atoms. The van der Waals surface area contributed by atoms with Gasteiger partial charge in [-0.15, -0.1) is 0 Å². The predicted octanol–water partition coefficient (Wildman–Crippen LogP) is 3.50. The predicted molar refractivity (Wildman–Crippen MR) is 89.9 cm³/mol. The first-order valence-corrected chi connectivity index (χ1v) is 7.75. The minimum Gasteiger partial charge on any atom is -0.391 e. The largest absolute Gasteiger partial charge is 0.417 e. The molecular weight excluding hydrogens is 345 g/mol. The molecule has 2 aromatic carbocycles. The number of nitrogens with one attached hydrogen (secondary N) is 1. The van der Waals surface area contributed by atoms with Gasteiger partial charge in [0.1, 0.15) is 5.82 Å². The fourth-order valence-corrected chi connectivity index (χ4v) is 2.68. The Hall–Kier alpha value is -2.89. The highest BCUT2D eigenvalue weighted by molar-refractivity contribution is 5.83. The summed E-state index contributed by atoms with van der Waals surface area (Å²) in [7, 11) is 0. The summed E-state index contributed by atoms with van der Waals surface area (Å²) in [5.74, 6) is 0.350. The summed E-state index contributed by atoms with van der Waals surface area (Å²) in [6, 6.07) is 9.09. The second-order valence-electron chi connectivity index (χ2n) is 5.99. The van der Waals surface area contributed by atoms with Crippen LogP contribution in [0, 0.1) is 11.3 Å². The topological polar surface area (TPSA) is 98.7 Å². The second-order valence-corrected chi connectivity index (χ2v) is 5.99. The van der Waals surface area contributed by atoms with Crippen LogP contribution in [0.15, 0.2) is 36.4 Å². The van der Waals surface area contributed by atoms with E-state index >= 15 is 0 Å². The van der Waals surface area contributed by atoms with Gasteiger partial charge in [0.15, 0.2) is 0 Å². The van der Waals surface area contributed by atoms with Gasteiger partial charge in [0.05, 0.1) is 40.4 Å². The lowest BCUT2D eigenvalue weighted by molar-refractivity contribution is -0.137. The van der Waals surface area contributed by atoms with Crippen LogP contribution in [-0.4, -0.2) is 21.2 Å². The lowest BCUT2D eigenvalue weighted by Crippen LogP contribution is -2.24. The van der Waals surface area contributed by atoms with Crippen molar-refractivity contribution < 1.29 is 18.3 Å². The van der Waals surface area contributed by atoms with E-state index in [0.717, 1.165) is 6.07 Å². The first kappa shape index (κ1) is 17.9. The second kappa shape index (κ2) is 6.44. The highest BCUT2D eigenvalue weighted by Crippen LogP contribution is 2.38. The molecule has 0 aliphatic carbocycles. The fraction of sp³-hybridized carbons (Fsp3) is 0.222. The first-order chi connectivity index (χ1) is 12.2. The Balaban J connectivity index is 2.13. The van der Waals surface area contributed by atoms with Crippen molar-refractivity contribution in [2.45, 2.75) is 25.2 Å². The van der Waals surface area contributed by atoms with Gasteiger partial charge < -0.3 is 15.8 Å². The van der Waals surface area contributed by atoms with Crippen LogP contribution in [0.2, 0.25) is 0 Å². The number of aromatic nitrogens is 2. The zero-order chi connectivity index (χ0) is 19.1. The van der Waals surface area contributed by atoms with Crippen molar-refractivity contribution in [2.75, 3.05) is 0 Å². The Labute approximate surface area is 146 Å². The highest BCUT2D eigenvalue weighted by Gasteiger charge is 2.34. The minimum atomic E-state index is -4.59. The molecule has 0 fully saturated rings. The molecular formula is C18H15F3N4O.